The normalized spacial score (nSPS) is 13.8. The van der Waals surface area contributed by atoms with Crippen LogP contribution in [-0.4, -0.2) is 74.9 Å². The van der Waals surface area contributed by atoms with E-state index >= 15 is 0 Å². The van der Waals surface area contributed by atoms with Gasteiger partial charge in [0.1, 0.15) is 19.8 Å². The Labute approximate surface area is 462 Å². The highest BCUT2D eigenvalue weighted by Crippen LogP contribution is 2.43. The molecule has 0 fully saturated rings. The van der Waals surface area contributed by atoms with Crippen LogP contribution >= 0.6 is 7.82 Å². The molecule has 0 saturated carbocycles. The van der Waals surface area contributed by atoms with Gasteiger partial charge in [-0.3, -0.25) is 18.6 Å². The second kappa shape index (κ2) is 55.9. The third kappa shape index (κ3) is 60.3. The Balaban J connectivity index is 4.05. The number of esters is 2. The number of hydrogen-bond donors (Lipinski definition) is 1. The predicted molar refractivity (Wildman–Crippen MR) is 321 cm³/mol. The molecule has 9 nitrogen and oxygen atoms in total. The lowest BCUT2D eigenvalue weighted by molar-refractivity contribution is -0.870. The van der Waals surface area contributed by atoms with Gasteiger partial charge >= 0.3 is 19.8 Å². The van der Waals surface area contributed by atoms with Gasteiger partial charge in [-0.15, -0.1) is 0 Å². The molecule has 0 aliphatic carbocycles. The van der Waals surface area contributed by atoms with Gasteiger partial charge in [0.25, 0.3) is 0 Å². The van der Waals surface area contributed by atoms with Crippen LogP contribution in [0.5, 0.6) is 0 Å². The second-order valence-electron chi connectivity index (χ2n) is 21.7. The van der Waals surface area contributed by atoms with Crippen molar-refractivity contribution in [2.24, 2.45) is 0 Å². The van der Waals surface area contributed by atoms with Gasteiger partial charge in [-0.05, 0) is 89.9 Å². The van der Waals surface area contributed by atoms with Gasteiger partial charge in [0, 0.05) is 12.8 Å². The number of phosphoric ester groups is 1. The molecular formula is C65H117NO8P+. The largest absolute Gasteiger partial charge is 0.472 e. The molecule has 75 heavy (non-hydrogen) atoms. The van der Waals surface area contributed by atoms with Crippen LogP contribution in [-0.2, 0) is 32.7 Å². The lowest BCUT2D eigenvalue weighted by Crippen LogP contribution is -2.37. The van der Waals surface area contributed by atoms with E-state index in [4.69, 9.17) is 18.5 Å². The zero-order valence-corrected chi connectivity index (χ0v) is 50.2. The van der Waals surface area contributed by atoms with Crippen LogP contribution in [0.25, 0.3) is 0 Å². The topological polar surface area (TPSA) is 108 Å². The summed E-state index contributed by atoms with van der Waals surface area (Å²) >= 11 is 0. The van der Waals surface area contributed by atoms with Crippen molar-refractivity contribution in [2.75, 3.05) is 47.5 Å². The first kappa shape index (κ1) is 72.2. The molecule has 0 spiro atoms. The van der Waals surface area contributed by atoms with E-state index < -0.39 is 26.5 Å². The van der Waals surface area contributed by atoms with Crippen LogP contribution in [0, 0.1) is 0 Å². The third-order valence-electron chi connectivity index (χ3n) is 13.2. The number of nitrogens with zero attached hydrogens (tertiary/aromatic N) is 1. The lowest BCUT2D eigenvalue weighted by atomic mass is 10.0. The molecule has 0 aromatic rings. The fourth-order valence-electron chi connectivity index (χ4n) is 8.43. The predicted octanol–water partition coefficient (Wildman–Crippen LogP) is 19.4. The Morgan fingerprint density at radius 3 is 1.15 bits per heavy atom. The number of unbranched alkanes of at least 4 members (excludes halogenated alkanes) is 28. The van der Waals surface area contributed by atoms with Gasteiger partial charge in [-0.2, -0.15) is 0 Å². The van der Waals surface area contributed by atoms with Crippen LogP contribution in [0.15, 0.2) is 85.1 Å². The fraction of sp³-hybridized carbons (Fsp3) is 0.754. The van der Waals surface area contributed by atoms with E-state index in [2.05, 4.69) is 98.9 Å². The number of quaternary nitrogens is 1. The minimum Gasteiger partial charge on any atom is -0.462 e. The molecule has 0 aromatic carbocycles. The van der Waals surface area contributed by atoms with E-state index in [0.717, 1.165) is 96.3 Å². The first-order valence-electron chi connectivity index (χ1n) is 30.8. The van der Waals surface area contributed by atoms with Crippen molar-refractivity contribution < 1.29 is 42.1 Å². The first-order valence-corrected chi connectivity index (χ1v) is 32.3. The average Bonchev–Trinajstić information content (AvgIpc) is 3.37. The summed E-state index contributed by atoms with van der Waals surface area (Å²) in [5.41, 5.74) is 0. The number of rotatable bonds is 56. The standard InChI is InChI=1S/C65H116NO8P/c1-6-8-10-12-14-16-18-20-22-24-25-26-27-28-29-30-31-32-33-34-35-36-37-38-39-40-41-42-44-46-48-50-52-54-56-58-65(68)74-63(62-73-75(69,70)72-60-59-66(3,4)5)61-71-64(67)57-55-53-51-49-47-45-43-23-21-19-17-15-13-11-9-7-2/h8,10,14,16,20,22-23,25-26,28-29,31-32,43,63H,6-7,9,11-13,15,17-19,21,24,27,30,33-42,44-62H2,1-5H3/p+1/b10-8-,16-14-,22-20-,26-25-,29-28-,32-31-,43-23-. The van der Waals surface area contributed by atoms with E-state index in [9.17, 15) is 19.0 Å². The molecule has 0 amide bonds. The molecule has 2 atom stereocenters. The number of allylic oxidation sites excluding steroid dienone is 14. The molecule has 0 heterocycles. The Morgan fingerprint density at radius 1 is 0.427 bits per heavy atom. The minimum atomic E-state index is -4.39. The molecule has 1 N–H and O–H groups in total. The van der Waals surface area contributed by atoms with Crippen molar-refractivity contribution in [1.29, 1.82) is 0 Å². The molecule has 10 heteroatoms. The van der Waals surface area contributed by atoms with Gasteiger partial charge in [-0.1, -0.05) is 247 Å². The van der Waals surface area contributed by atoms with Gasteiger partial charge in [0.2, 0.25) is 0 Å². The van der Waals surface area contributed by atoms with Gasteiger partial charge in [0.15, 0.2) is 6.10 Å². The Kier molecular flexibility index (Phi) is 53.8. The van der Waals surface area contributed by atoms with E-state index in [1.807, 2.05) is 21.1 Å². The van der Waals surface area contributed by atoms with Gasteiger partial charge in [-0.25, -0.2) is 4.57 Å². The molecule has 0 bridgehead atoms. The molecule has 0 saturated heterocycles. The maximum Gasteiger partial charge on any atom is 0.472 e. The highest BCUT2D eigenvalue weighted by atomic mass is 31.2. The summed E-state index contributed by atoms with van der Waals surface area (Å²) < 4.78 is 34.6. The zero-order valence-electron chi connectivity index (χ0n) is 49.3. The molecule has 0 radical (unpaired) electrons. The molecule has 0 aromatic heterocycles. The maximum atomic E-state index is 12.8. The van der Waals surface area contributed by atoms with E-state index in [1.165, 1.54) is 135 Å². The summed E-state index contributed by atoms with van der Waals surface area (Å²) in [5, 5.41) is 0. The van der Waals surface area contributed by atoms with E-state index in [1.54, 1.807) is 0 Å². The number of hydrogen-bond acceptors (Lipinski definition) is 7. The molecule has 0 aliphatic heterocycles. The minimum absolute atomic E-state index is 0.0290. The summed E-state index contributed by atoms with van der Waals surface area (Å²) in [7, 11) is 1.47. The molecule has 0 rings (SSSR count). The molecule has 0 aliphatic rings. The highest BCUT2D eigenvalue weighted by Gasteiger charge is 2.27. The Bertz CT molecular complexity index is 1540. The van der Waals surface area contributed by atoms with Crippen LogP contribution in [0.3, 0.4) is 0 Å². The SMILES string of the molecule is CC/C=C\C/C=C\C/C=C\C/C=C\C/C=C\C/C=C\CCCCCCCCCCCCCCCCCCC(=O)OC(COC(=O)CCCCCCC/C=C\CCCCCCCCC)COP(=O)(O)OCC[N+](C)(C)C. The zero-order chi connectivity index (χ0) is 54.9. The summed E-state index contributed by atoms with van der Waals surface area (Å²) in [6.45, 7) is 4.32. The molecular weight excluding hydrogens is 954 g/mol. The van der Waals surface area contributed by atoms with Crippen molar-refractivity contribution in [3.8, 4) is 0 Å². The van der Waals surface area contributed by atoms with Gasteiger partial charge < -0.3 is 18.9 Å². The number of phosphoric acid groups is 1. The summed E-state index contributed by atoms with van der Waals surface area (Å²) in [6, 6.07) is 0. The smallest absolute Gasteiger partial charge is 0.462 e. The first-order chi connectivity index (χ1) is 36.5. The fourth-order valence-corrected chi connectivity index (χ4v) is 9.17. The lowest BCUT2D eigenvalue weighted by Gasteiger charge is -2.24. The maximum absolute atomic E-state index is 12.8. The third-order valence-corrected chi connectivity index (χ3v) is 14.1. The van der Waals surface area contributed by atoms with Crippen molar-refractivity contribution in [1.82, 2.24) is 0 Å². The average molecular weight is 1070 g/mol. The van der Waals surface area contributed by atoms with Crippen molar-refractivity contribution in [3.05, 3.63) is 85.1 Å². The van der Waals surface area contributed by atoms with Crippen molar-refractivity contribution in [2.45, 2.75) is 270 Å². The van der Waals surface area contributed by atoms with Crippen LogP contribution in [0.1, 0.15) is 264 Å². The van der Waals surface area contributed by atoms with Gasteiger partial charge in [0.05, 0.1) is 27.7 Å². The van der Waals surface area contributed by atoms with Crippen LogP contribution in [0.4, 0.5) is 0 Å². The van der Waals surface area contributed by atoms with E-state index in [0.29, 0.717) is 17.4 Å². The number of likely N-dealkylation sites (N-methyl/N-ethyl adjacent to an activating group) is 1. The summed E-state index contributed by atoms with van der Waals surface area (Å²) in [6.07, 6.45) is 75.2. The summed E-state index contributed by atoms with van der Waals surface area (Å²) in [5.74, 6) is -0.802. The van der Waals surface area contributed by atoms with Crippen molar-refractivity contribution in [3.63, 3.8) is 0 Å². The summed E-state index contributed by atoms with van der Waals surface area (Å²) in [4.78, 5) is 35.7. The Morgan fingerprint density at radius 2 is 0.760 bits per heavy atom. The molecule has 434 valence electrons. The second-order valence-corrected chi connectivity index (χ2v) is 23.2. The quantitative estimate of drug-likeness (QED) is 0.0211. The number of carbonyl (C=O) groups is 2. The van der Waals surface area contributed by atoms with Crippen LogP contribution in [0.2, 0.25) is 0 Å². The van der Waals surface area contributed by atoms with Crippen molar-refractivity contribution >= 4 is 19.8 Å². The Hall–Kier alpha value is -2.81. The molecule has 2 unspecified atom stereocenters. The van der Waals surface area contributed by atoms with Crippen LogP contribution < -0.4 is 0 Å². The number of carbonyl (C=O) groups excluding carboxylic acids is 2. The number of ether oxygens (including phenoxy) is 2. The highest BCUT2D eigenvalue weighted by molar-refractivity contribution is 7.47. The van der Waals surface area contributed by atoms with E-state index in [-0.39, 0.29) is 32.0 Å². The monoisotopic (exact) mass is 1070 g/mol.